The largest absolute Gasteiger partial charge is 0.496 e. The topological polar surface area (TPSA) is 67.9 Å². The van der Waals surface area contributed by atoms with Crippen molar-refractivity contribution in [2.75, 3.05) is 39.8 Å². The first-order valence-electron chi connectivity index (χ1n) is 7.39. The number of esters is 1. The number of methoxy groups -OCH3 is 2. The lowest BCUT2D eigenvalue weighted by Crippen LogP contribution is -2.36. The Balaban J connectivity index is 2.63. The maximum Gasteiger partial charge on any atom is 0.354 e. The molecule has 0 fully saturated rings. The fraction of sp³-hybridized carbons (Fsp3) is 0.412. The number of likely N-dealkylation sites (N-methyl/N-ethyl adjacent to an activating group) is 1. The molecule has 0 radical (unpaired) electrons. The van der Waals surface area contributed by atoms with E-state index in [0.29, 0.717) is 12.3 Å². The molecule has 0 spiro atoms. The van der Waals surface area contributed by atoms with E-state index in [0.717, 1.165) is 11.3 Å². The average molecular weight is 352 g/mol. The fourth-order valence-electron chi connectivity index (χ4n) is 2.08. The molecule has 1 N–H and O–H groups in total. The zero-order valence-corrected chi connectivity index (χ0v) is 15.3. The summed E-state index contributed by atoms with van der Waals surface area (Å²) in [6, 6.07) is 7.65. The predicted molar refractivity (Wildman–Crippen MR) is 96.0 cm³/mol. The minimum Gasteiger partial charge on any atom is -0.496 e. The molecule has 0 unspecified atom stereocenters. The molecule has 0 heterocycles. The van der Waals surface area contributed by atoms with Crippen LogP contribution < -0.4 is 10.1 Å². The lowest BCUT2D eigenvalue weighted by atomic mass is 10.2. The van der Waals surface area contributed by atoms with E-state index in [9.17, 15) is 9.59 Å². The van der Waals surface area contributed by atoms with Crippen LogP contribution in [-0.2, 0) is 20.9 Å². The van der Waals surface area contributed by atoms with Crippen LogP contribution in [-0.4, -0.2) is 56.6 Å². The predicted octanol–water partition coefficient (Wildman–Crippen LogP) is 1.66. The van der Waals surface area contributed by atoms with E-state index in [1.165, 1.54) is 7.11 Å². The highest BCUT2D eigenvalue weighted by Gasteiger charge is 2.15. The summed E-state index contributed by atoms with van der Waals surface area (Å²) in [6.45, 7) is 0.700. The summed E-state index contributed by atoms with van der Waals surface area (Å²) < 4.78 is 9.99. The SMILES string of the molecule is COC(=O)/C(=C\CSC)NC(=O)CN(C)Cc1ccccc1OC. The van der Waals surface area contributed by atoms with E-state index >= 15 is 0 Å². The molecule has 1 rings (SSSR count). The number of carbonyl (C=O) groups excluding carboxylic acids is 2. The molecule has 0 aromatic heterocycles. The third kappa shape index (κ3) is 6.64. The second-order valence-corrected chi connectivity index (χ2v) is 6.01. The smallest absolute Gasteiger partial charge is 0.354 e. The Morgan fingerprint density at radius 3 is 2.62 bits per heavy atom. The van der Waals surface area contributed by atoms with Crippen molar-refractivity contribution in [3.63, 3.8) is 0 Å². The number of hydrogen-bond acceptors (Lipinski definition) is 6. The summed E-state index contributed by atoms with van der Waals surface area (Å²) in [6.07, 6.45) is 3.56. The standard InChI is InChI=1S/C17H24N2O4S/c1-19(11-13-7-5-6-8-15(13)22-2)12-16(20)18-14(9-10-24-4)17(21)23-3/h5-9H,10-12H2,1-4H3,(H,18,20)/b14-9+. The summed E-state index contributed by atoms with van der Waals surface area (Å²) in [5.74, 6) is 0.566. The molecular formula is C17H24N2O4S. The number of ether oxygens (including phenoxy) is 2. The van der Waals surface area contributed by atoms with Gasteiger partial charge >= 0.3 is 5.97 Å². The first-order valence-corrected chi connectivity index (χ1v) is 8.78. The number of para-hydroxylation sites is 1. The molecule has 24 heavy (non-hydrogen) atoms. The molecule has 0 saturated carbocycles. The van der Waals surface area contributed by atoms with Crippen LogP contribution in [0.25, 0.3) is 0 Å². The zero-order chi connectivity index (χ0) is 17.9. The summed E-state index contributed by atoms with van der Waals surface area (Å²) in [7, 11) is 4.73. The van der Waals surface area contributed by atoms with E-state index in [4.69, 9.17) is 4.74 Å². The van der Waals surface area contributed by atoms with E-state index in [1.807, 2.05) is 42.5 Å². The van der Waals surface area contributed by atoms with Crippen LogP contribution in [0.1, 0.15) is 5.56 Å². The minimum absolute atomic E-state index is 0.144. The Kier molecular flexibility index (Phi) is 8.96. The van der Waals surface area contributed by atoms with Gasteiger partial charge < -0.3 is 14.8 Å². The van der Waals surface area contributed by atoms with E-state index < -0.39 is 5.97 Å². The van der Waals surface area contributed by atoms with Crippen molar-refractivity contribution in [1.29, 1.82) is 0 Å². The molecule has 0 bridgehead atoms. The van der Waals surface area contributed by atoms with Crippen molar-refractivity contribution in [2.24, 2.45) is 0 Å². The van der Waals surface area contributed by atoms with Gasteiger partial charge in [-0.15, -0.1) is 0 Å². The number of carbonyl (C=O) groups is 2. The van der Waals surface area contributed by atoms with Gasteiger partial charge in [0.25, 0.3) is 0 Å². The number of benzene rings is 1. The molecule has 0 aliphatic rings. The molecule has 1 aromatic rings. The lowest BCUT2D eigenvalue weighted by Gasteiger charge is -2.18. The lowest BCUT2D eigenvalue weighted by molar-refractivity contribution is -0.137. The monoisotopic (exact) mass is 352 g/mol. The first kappa shape index (κ1) is 20.1. The zero-order valence-electron chi connectivity index (χ0n) is 14.5. The molecule has 0 aliphatic carbocycles. The van der Waals surface area contributed by atoms with Crippen molar-refractivity contribution < 1.29 is 19.1 Å². The highest BCUT2D eigenvalue weighted by molar-refractivity contribution is 7.98. The van der Waals surface area contributed by atoms with Crippen molar-refractivity contribution in [3.05, 3.63) is 41.6 Å². The van der Waals surface area contributed by atoms with Crippen molar-refractivity contribution in [3.8, 4) is 5.75 Å². The Morgan fingerprint density at radius 1 is 1.29 bits per heavy atom. The molecule has 1 amide bonds. The van der Waals surface area contributed by atoms with E-state index in [2.05, 4.69) is 10.1 Å². The van der Waals surface area contributed by atoms with Gasteiger partial charge in [-0.25, -0.2) is 4.79 Å². The molecular weight excluding hydrogens is 328 g/mol. The molecule has 0 aliphatic heterocycles. The second-order valence-electron chi connectivity index (χ2n) is 5.10. The highest BCUT2D eigenvalue weighted by Crippen LogP contribution is 2.18. The number of nitrogens with zero attached hydrogens (tertiary/aromatic N) is 1. The first-order chi connectivity index (χ1) is 11.5. The summed E-state index contributed by atoms with van der Waals surface area (Å²) in [5.41, 5.74) is 1.16. The fourth-order valence-corrected chi connectivity index (χ4v) is 2.41. The quantitative estimate of drug-likeness (QED) is 0.539. The van der Waals surface area contributed by atoms with Crippen LogP contribution in [0.2, 0.25) is 0 Å². The van der Waals surface area contributed by atoms with Gasteiger partial charge in [-0.05, 0) is 25.4 Å². The average Bonchev–Trinajstić information content (AvgIpc) is 2.58. The maximum absolute atomic E-state index is 12.2. The highest BCUT2D eigenvalue weighted by atomic mass is 32.2. The molecule has 132 valence electrons. The van der Waals surface area contributed by atoms with Crippen LogP contribution in [0.15, 0.2) is 36.0 Å². The second kappa shape index (κ2) is 10.7. The van der Waals surface area contributed by atoms with Crippen LogP contribution in [0.5, 0.6) is 5.75 Å². The Morgan fingerprint density at radius 2 is 2.00 bits per heavy atom. The van der Waals surface area contributed by atoms with Gasteiger partial charge in [0.15, 0.2) is 0 Å². The Labute approximate surface area is 147 Å². The van der Waals surface area contributed by atoms with Gasteiger partial charge in [0.05, 0.1) is 20.8 Å². The third-order valence-corrected chi connectivity index (χ3v) is 3.68. The van der Waals surface area contributed by atoms with Crippen molar-refractivity contribution in [1.82, 2.24) is 10.2 Å². The molecule has 1 aromatic carbocycles. The molecule has 0 saturated heterocycles. The van der Waals surface area contributed by atoms with Crippen molar-refractivity contribution >= 4 is 23.6 Å². The molecule has 6 nitrogen and oxygen atoms in total. The van der Waals surface area contributed by atoms with Gasteiger partial charge in [0.2, 0.25) is 5.91 Å². The van der Waals surface area contributed by atoms with Gasteiger partial charge in [0, 0.05) is 17.9 Å². The number of hydrogen-bond donors (Lipinski definition) is 1. The number of rotatable bonds is 9. The normalized spacial score (nSPS) is 11.3. The van der Waals surface area contributed by atoms with Gasteiger partial charge in [-0.3, -0.25) is 9.69 Å². The van der Waals surface area contributed by atoms with Gasteiger partial charge in [-0.2, -0.15) is 11.8 Å². The Bertz CT molecular complexity index is 590. The Hall–Kier alpha value is -1.99. The van der Waals surface area contributed by atoms with Crippen molar-refractivity contribution in [2.45, 2.75) is 6.54 Å². The summed E-state index contributed by atoms with van der Waals surface area (Å²) >= 11 is 1.54. The van der Waals surface area contributed by atoms with Gasteiger partial charge in [0.1, 0.15) is 11.4 Å². The maximum atomic E-state index is 12.2. The third-order valence-electron chi connectivity index (χ3n) is 3.18. The van der Waals surface area contributed by atoms with Crippen LogP contribution in [0.3, 0.4) is 0 Å². The minimum atomic E-state index is -0.551. The number of thioether (sulfide) groups is 1. The van der Waals surface area contributed by atoms with Crippen LogP contribution in [0, 0.1) is 0 Å². The molecule has 0 atom stereocenters. The number of amides is 1. The van der Waals surface area contributed by atoms with E-state index in [-0.39, 0.29) is 18.1 Å². The van der Waals surface area contributed by atoms with Crippen LogP contribution >= 0.6 is 11.8 Å². The van der Waals surface area contributed by atoms with Gasteiger partial charge in [-0.1, -0.05) is 18.2 Å². The summed E-state index contributed by atoms with van der Waals surface area (Å²) in [4.78, 5) is 25.7. The van der Waals surface area contributed by atoms with E-state index in [1.54, 1.807) is 24.9 Å². The molecule has 7 heteroatoms. The summed E-state index contributed by atoms with van der Waals surface area (Å²) in [5, 5.41) is 2.61. The van der Waals surface area contributed by atoms with Crippen LogP contribution in [0.4, 0.5) is 0 Å². The number of nitrogens with one attached hydrogen (secondary N) is 1.